The topological polar surface area (TPSA) is 52.1 Å². The lowest BCUT2D eigenvalue weighted by molar-refractivity contribution is 0.0968. The molecule has 2 aromatic rings. The first-order valence-electron chi connectivity index (χ1n) is 7.24. The van der Waals surface area contributed by atoms with E-state index in [1.165, 1.54) is 11.5 Å². The van der Waals surface area contributed by atoms with Gasteiger partial charge in [-0.15, -0.1) is 5.10 Å². The van der Waals surface area contributed by atoms with E-state index in [0.717, 1.165) is 23.4 Å². The number of para-hydroxylation sites is 1. The molecule has 5 heteroatoms. The molecule has 0 fully saturated rings. The molecule has 21 heavy (non-hydrogen) atoms. The number of hydrogen-bond donors (Lipinski definition) is 0. The summed E-state index contributed by atoms with van der Waals surface area (Å²) in [6, 6.07) is 7.99. The molecule has 0 amide bonds. The van der Waals surface area contributed by atoms with Gasteiger partial charge in [-0.25, -0.2) is 0 Å². The fourth-order valence-corrected chi connectivity index (χ4v) is 3.48. The molecule has 1 aliphatic rings. The largest absolute Gasteiger partial charge is 0.493 e. The minimum absolute atomic E-state index is 0.149. The Balaban J connectivity index is 1.81. The molecule has 1 aliphatic heterocycles. The molecule has 0 N–H and O–H groups in total. The highest BCUT2D eigenvalue weighted by atomic mass is 32.1. The van der Waals surface area contributed by atoms with Crippen LogP contribution in [0.4, 0.5) is 0 Å². The summed E-state index contributed by atoms with van der Waals surface area (Å²) in [6.07, 6.45) is 1.38. The van der Waals surface area contributed by atoms with Gasteiger partial charge in [-0.2, -0.15) is 0 Å². The number of benzene rings is 1. The predicted molar refractivity (Wildman–Crippen MR) is 82.2 cm³/mol. The lowest BCUT2D eigenvalue weighted by Crippen LogP contribution is -2.17. The van der Waals surface area contributed by atoms with Crippen LogP contribution in [0.15, 0.2) is 24.3 Å². The standard InChI is InChI=1S/C16H18N2O2S/c1-10(2)15-16(21-18-17-15)13(19)9-11-7-8-20-14-6-4-3-5-12(11)14/h3-6,10-11H,7-9H2,1-2H3. The number of carbonyl (C=O) groups excluding carboxylic acids is 1. The summed E-state index contributed by atoms with van der Waals surface area (Å²) >= 11 is 1.21. The van der Waals surface area contributed by atoms with E-state index in [2.05, 4.69) is 15.7 Å². The van der Waals surface area contributed by atoms with Gasteiger partial charge in [0.1, 0.15) is 10.6 Å². The third kappa shape index (κ3) is 2.83. The van der Waals surface area contributed by atoms with Gasteiger partial charge < -0.3 is 4.74 Å². The summed E-state index contributed by atoms with van der Waals surface area (Å²) in [5.41, 5.74) is 1.96. The molecule has 1 atom stereocenters. The zero-order valence-corrected chi connectivity index (χ0v) is 13.0. The number of hydrogen-bond acceptors (Lipinski definition) is 5. The van der Waals surface area contributed by atoms with Gasteiger partial charge in [0, 0.05) is 6.42 Å². The number of Topliss-reactive ketones (excluding diaryl/α,β-unsaturated/α-hetero) is 1. The maximum Gasteiger partial charge on any atom is 0.176 e. The number of carbonyl (C=O) groups is 1. The molecule has 4 nitrogen and oxygen atoms in total. The van der Waals surface area contributed by atoms with E-state index < -0.39 is 0 Å². The molecule has 0 spiro atoms. The van der Waals surface area contributed by atoms with Gasteiger partial charge in [0.2, 0.25) is 0 Å². The van der Waals surface area contributed by atoms with Gasteiger partial charge in [-0.05, 0) is 41.4 Å². The maximum atomic E-state index is 12.6. The molecule has 3 rings (SSSR count). The quantitative estimate of drug-likeness (QED) is 0.806. The average Bonchev–Trinajstić information content (AvgIpc) is 2.97. The van der Waals surface area contributed by atoms with Crippen LogP contribution in [0.25, 0.3) is 0 Å². The zero-order chi connectivity index (χ0) is 14.8. The highest BCUT2D eigenvalue weighted by Gasteiger charge is 2.26. The number of ether oxygens (including phenoxy) is 1. The monoisotopic (exact) mass is 302 g/mol. The van der Waals surface area contributed by atoms with Crippen LogP contribution in [0.2, 0.25) is 0 Å². The van der Waals surface area contributed by atoms with Crippen LogP contribution < -0.4 is 4.74 Å². The summed E-state index contributed by atoms with van der Waals surface area (Å²) in [6.45, 7) is 4.75. The Kier molecular flexibility index (Phi) is 4.01. The van der Waals surface area contributed by atoms with Gasteiger partial charge in [-0.1, -0.05) is 36.5 Å². The average molecular weight is 302 g/mol. The van der Waals surface area contributed by atoms with Gasteiger partial charge in [0.25, 0.3) is 0 Å². The highest BCUT2D eigenvalue weighted by Crippen LogP contribution is 2.36. The number of rotatable bonds is 4. The third-order valence-electron chi connectivity index (χ3n) is 3.83. The van der Waals surface area contributed by atoms with Crippen LogP contribution in [0.1, 0.15) is 59.5 Å². The van der Waals surface area contributed by atoms with E-state index in [9.17, 15) is 4.79 Å². The molecule has 110 valence electrons. The van der Waals surface area contributed by atoms with Gasteiger partial charge in [0.05, 0.1) is 12.3 Å². The normalized spacial score (nSPS) is 17.4. The zero-order valence-electron chi connectivity index (χ0n) is 12.2. The molecule has 0 radical (unpaired) electrons. The van der Waals surface area contributed by atoms with Crippen LogP contribution >= 0.6 is 11.5 Å². The Bertz CT molecular complexity index is 651. The number of ketones is 1. The van der Waals surface area contributed by atoms with Crippen molar-refractivity contribution < 1.29 is 9.53 Å². The summed E-state index contributed by atoms with van der Waals surface area (Å²) in [5.74, 6) is 1.51. The van der Waals surface area contributed by atoms with Crippen molar-refractivity contribution >= 4 is 17.3 Å². The summed E-state index contributed by atoms with van der Waals surface area (Å²) in [5, 5.41) is 4.10. The molecule has 0 saturated carbocycles. The molecule has 1 aromatic carbocycles. The second-order valence-corrected chi connectivity index (χ2v) is 6.40. The van der Waals surface area contributed by atoms with Crippen molar-refractivity contribution in [2.75, 3.05) is 6.61 Å². The smallest absolute Gasteiger partial charge is 0.176 e. The van der Waals surface area contributed by atoms with Crippen molar-refractivity contribution in [1.29, 1.82) is 0 Å². The second kappa shape index (κ2) is 5.93. The van der Waals surface area contributed by atoms with Gasteiger partial charge in [0.15, 0.2) is 5.78 Å². The molecular weight excluding hydrogens is 284 g/mol. The molecule has 2 heterocycles. The van der Waals surface area contributed by atoms with E-state index in [0.29, 0.717) is 17.9 Å². The van der Waals surface area contributed by atoms with Gasteiger partial charge in [-0.3, -0.25) is 4.79 Å². The van der Waals surface area contributed by atoms with Crippen molar-refractivity contribution in [2.45, 2.75) is 38.5 Å². The molecule has 0 saturated heterocycles. The number of nitrogens with zero attached hydrogens (tertiary/aromatic N) is 2. The first kappa shape index (κ1) is 14.2. The van der Waals surface area contributed by atoms with Crippen LogP contribution in [0.5, 0.6) is 5.75 Å². The summed E-state index contributed by atoms with van der Waals surface area (Å²) in [4.78, 5) is 13.3. The van der Waals surface area contributed by atoms with Crippen molar-refractivity contribution in [2.24, 2.45) is 0 Å². The van der Waals surface area contributed by atoms with E-state index >= 15 is 0 Å². The fourth-order valence-electron chi connectivity index (χ4n) is 2.71. The second-order valence-electron chi connectivity index (χ2n) is 5.64. The van der Waals surface area contributed by atoms with Crippen LogP contribution in [-0.2, 0) is 0 Å². The molecule has 1 aromatic heterocycles. The van der Waals surface area contributed by atoms with Crippen LogP contribution in [0.3, 0.4) is 0 Å². The van der Waals surface area contributed by atoms with E-state index in [1.54, 1.807) is 0 Å². The number of fused-ring (bicyclic) bond motifs is 1. The highest BCUT2D eigenvalue weighted by molar-refractivity contribution is 7.08. The Labute approximate surface area is 128 Å². The molecule has 0 aliphatic carbocycles. The van der Waals surface area contributed by atoms with Crippen molar-refractivity contribution in [3.8, 4) is 5.75 Å². The van der Waals surface area contributed by atoms with Crippen molar-refractivity contribution in [1.82, 2.24) is 9.59 Å². The third-order valence-corrected chi connectivity index (χ3v) is 4.61. The van der Waals surface area contributed by atoms with E-state index in [1.807, 2.05) is 32.0 Å². The Hall–Kier alpha value is -1.75. The van der Waals surface area contributed by atoms with E-state index in [4.69, 9.17) is 4.74 Å². The summed E-state index contributed by atoms with van der Waals surface area (Å²) < 4.78 is 9.60. The van der Waals surface area contributed by atoms with Gasteiger partial charge >= 0.3 is 0 Å². The lowest BCUT2D eigenvalue weighted by Gasteiger charge is -2.25. The van der Waals surface area contributed by atoms with Crippen molar-refractivity contribution in [3.63, 3.8) is 0 Å². The Morgan fingerprint density at radius 3 is 3.05 bits per heavy atom. The van der Waals surface area contributed by atoms with Crippen molar-refractivity contribution in [3.05, 3.63) is 40.4 Å². The predicted octanol–water partition coefficient (Wildman–Crippen LogP) is 3.80. The lowest BCUT2D eigenvalue weighted by atomic mass is 9.88. The first-order chi connectivity index (χ1) is 10.2. The maximum absolute atomic E-state index is 12.6. The minimum Gasteiger partial charge on any atom is -0.493 e. The Morgan fingerprint density at radius 1 is 1.43 bits per heavy atom. The summed E-state index contributed by atoms with van der Waals surface area (Å²) in [7, 11) is 0. The van der Waals surface area contributed by atoms with Crippen LogP contribution in [0, 0.1) is 0 Å². The van der Waals surface area contributed by atoms with Crippen LogP contribution in [-0.4, -0.2) is 22.0 Å². The number of aromatic nitrogens is 2. The van der Waals surface area contributed by atoms with E-state index in [-0.39, 0.29) is 17.6 Å². The molecular formula is C16H18N2O2S. The SMILES string of the molecule is CC(C)c1nnsc1C(=O)CC1CCOc2ccccc21. The first-order valence-corrected chi connectivity index (χ1v) is 8.01. The minimum atomic E-state index is 0.149. The molecule has 1 unspecified atom stereocenters. The molecule has 0 bridgehead atoms. The fraction of sp³-hybridized carbons (Fsp3) is 0.438. The Morgan fingerprint density at radius 2 is 2.24 bits per heavy atom.